The fraction of sp³-hybridized carbons (Fsp3) is 0.227. The van der Waals surface area contributed by atoms with Crippen molar-refractivity contribution in [3.63, 3.8) is 0 Å². The van der Waals surface area contributed by atoms with Gasteiger partial charge in [-0.3, -0.25) is 14.2 Å². The van der Waals surface area contributed by atoms with Crippen LogP contribution in [0.3, 0.4) is 0 Å². The summed E-state index contributed by atoms with van der Waals surface area (Å²) in [5, 5.41) is 3.04. The number of nitrogens with one attached hydrogen (secondary N) is 1. The van der Waals surface area contributed by atoms with Crippen molar-refractivity contribution < 1.29 is 9.18 Å². The molecule has 3 aromatic rings. The van der Waals surface area contributed by atoms with Crippen molar-refractivity contribution >= 4 is 35.1 Å². The van der Waals surface area contributed by atoms with Crippen LogP contribution in [0, 0.1) is 19.7 Å². The molecule has 154 valence electrons. The molecule has 0 bridgehead atoms. The number of halogens is 1. The zero-order chi connectivity index (χ0) is 21.3. The van der Waals surface area contributed by atoms with E-state index in [1.54, 1.807) is 16.7 Å². The summed E-state index contributed by atoms with van der Waals surface area (Å²) in [6.45, 7) is 3.96. The van der Waals surface area contributed by atoms with E-state index in [9.17, 15) is 14.0 Å². The van der Waals surface area contributed by atoms with Crippen molar-refractivity contribution in [3.8, 4) is 5.69 Å². The van der Waals surface area contributed by atoms with Crippen molar-refractivity contribution in [1.29, 1.82) is 0 Å². The lowest BCUT2D eigenvalue weighted by atomic mass is 10.1. The molecule has 1 aliphatic rings. The highest BCUT2D eigenvalue weighted by Gasteiger charge is 2.23. The molecule has 1 amide bonds. The highest BCUT2D eigenvalue weighted by Crippen LogP contribution is 2.30. The Morgan fingerprint density at radius 3 is 2.70 bits per heavy atom. The largest absolute Gasteiger partial charge is 0.323 e. The van der Waals surface area contributed by atoms with Gasteiger partial charge in [-0.05, 0) is 49.2 Å². The van der Waals surface area contributed by atoms with E-state index in [1.807, 2.05) is 32.0 Å². The Morgan fingerprint density at radius 1 is 1.23 bits per heavy atom. The van der Waals surface area contributed by atoms with E-state index in [1.165, 1.54) is 35.7 Å². The predicted molar refractivity (Wildman–Crippen MR) is 119 cm³/mol. The van der Waals surface area contributed by atoms with Gasteiger partial charge in [-0.15, -0.1) is 11.8 Å². The lowest BCUT2D eigenvalue weighted by molar-refractivity contribution is -0.113. The van der Waals surface area contributed by atoms with Crippen LogP contribution in [0.5, 0.6) is 0 Å². The van der Waals surface area contributed by atoms with Crippen LogP contribution in [0.4, 0.5) is 10.1 Å². The van der Waals surface area contributed by atoms with E-state index < -0.39 is 5.82 Å². The third-order valence-electron chi connectivity index (χ3n) is 4.61. The van der Waals surface area contributed by atoms with Crippen molar-refractivity contribution in [2.45, 2.75) is 30.3 Å². The highest BCUT2D eigenvalue weighted by atomic mass is 32.2. The molecular formula is C22H20FN3O2S2. The molecule has 1 aliphatic heterocycles. The van der Waals surface area contributed by atoms with Gasteiger partial charge in [-0.1, -0.05) is 30.0 Å². The molecule has 0 unspecified atom stereocenters. The molecule has 0 aliphatic carbocycles. The lowest BCUT2D eigenvalue weighted by Gasteiger charge is -2.15. The quantitative estimate of drug-likeness (QED) is 0.471. The lowest BCUT2D eigenvalue weighted by Crippen LogP contribution is -2.25. The van der Waals surface area contributed by atoms with Crippen LogP contribution in [-0.2, 0) is 11.2 Å². The minimum Gasteiger partial charge on any atom is -0.323 e. The van der Waals surface area contributed by atoms with Crippen LogP contribution < -0.4 is 10.9 Å². The van der Waals surface area contributed by atoms with Crippen LogP contribution >= 0.6 is 23.5 Å². The zero-order valence-corrected chi connectivity index (χ0v) is 18.2. The highest BCUT2D eigenvalue weighted by molar-refractivity contribution is 8.00. The predicted octanol–water partition coefficient (Wildman–Crippen LogP) is 4.37. The minimum atomic E-state index is -0.490. The number of anilines is 1. The van der Waals surface area contributed by atoms with Gasteiger partial charge in [-0.2, -0.15) is 0 Å². The SMILES string of the molecule is Cc1cc(C)cc(-n2c(SCC(=O)Nc3ccccc3F)nc3c(c2=O)SCC3)c1. The van der Waals surface area contributed by atoms with Crippen molar-refractivity contribution in [3.05, 3.63) is 75.5 Å². The van der Waals surface area contributed by atoms with E-state index in [0.29, 0.717) is 10.1 Å². The van der Waals surface area contributed by atoms with Gasteiger partial charge >= 0.3 is 0 Å². The Labute approximate surface area is 182 Å². The first-order valence-corrected chi connectivity index (χ1v) is 11.4. The number of hydrogen-bond acceptors (Lipinski definition) is 5. The zero-order valence-electron chi connectivity index (χ0n) is 16.6. The maximum Gasteiger partial charge on any atom is 0.272 e. The van der Waals surface area contributed by atoms with Crippen molar-refractivity contribution in [1.82, 2.24) is 9.55 Å². The van der Waals surface area contributed by atoms with Crippen LogP contribution in [-0.4, -0.2) is 27.0 Å². The second-order valence-corrected chi connectivity index (χ2v) is 9.12. The van der Waals surface area contributed by atoms with E-state index in [-0.39, 0.29) is 22.9 Å². The molecule has 2 heterocycles. The Hall–Kier alpha value is -2.58. The molecule has 4 rings (SSSR count). The average Bonchev–Trinajstić information content (AvgIpc) is 3.16. The molecule has 1 N–H and O–H groups in total. The second-order valence-electron chi connectivity index (χ2n) is 7.07. The molecule has 0 atom stereocenters. The third kappa shape index (κ3) is 4.29. The summed E-state index contributed by atoms with van der Waals surface area (Å²) in [6, 6.07) is 11.9. The number of thioether (sulfide) groups is 2. The Morgan fingerprint density at radius 2 is 1.97 bits per heavy atom. The topological polar surface area (TPSA) is 64.0 Å². The van der Waals surface area contributed by atoms with Crippen molar-refractivity contribution in [2.24, 2.45) is 0 Å². The van der Waals surface area contributed by atoms with Crippen LogP contribution in [0.2, 0.25) is 0 Å². The summed E-state index contributed by atoms with van der Waals surface area (Å²) in [5.41, 5.74) is 3.62. The van der Waals surface area contributed by atoms with Gasteiger partial charge in [0.15, 0.2) is 5.16 Å². The maximum atomic E-state index is 13.8. The van der Waals surface area contributed by atoms with Crippen LogP contribution in [0.1, 0.15) is 16.8 Å². The smallest absolute Gasteiger partial charge is 0.272 e. The number of carbonyl (C=O) groups is 1. The molecule has 8 heteroatoms. The Kier molecular flexibility index (Phi) is 5.97. The van der Waals surface area contributed by atoms with Gasteiger partial charge in [0.1, 0.15) is 5.82 Å². The molecule has 2 aromatic carbocycles. The molecule has 30 heavy (non-hydrogen) atoms. The number of hydrogen-bond donors (Lipinski definition) is 1. The Balaban J connectivity index is 1.66. The number of aromatic nitrogens is 2. The number of aryl methyl sites for hydroxylation is 3. The van der Waals surface area contributed by atoms with Gasteiger partial charge < -0.3 is 5.32 Å². The number of amides is 1. The summed E-state index contributed by atoms with van der Waals surface area (Å²) in [7, 11) is 0. The van der Waals surface area contributed by atoms with Gasteiger partial charge in [-0.25, -0.2) is 9.37 Å². The van der Waals surface area contributed by atoms with Gasteiger partial charge in [0.05, 0.1) is 27.7 Å². The molecule has 0 saturated carbocycles. The number of rotatable bonds is 5. The average molecular weight is 442 g/mol. The maximum absolute atomic E-state index is 13.8. The number of carbonyl (C=O) groups excluding carboxylic acids is 1. The second kappa shape index (κ2) is 8.65. The fourth-order valence-electron chi connectivity index (χ4n) is 3.38. The number of nitrogens with zero attached hydrogens (tertiary/aromatic N) is 2. The number of benzene rings is 2. The summed E-state index contributed by atoms with van der Waals surface area (Å²) in [5.74, 6) is -0.0130. The molecule has 0 radical (unpaired) electrons. The van der Waals surface area contributed by atoms with Gasteiger partial charge in [0, 0.05) is 12.2 Å². The summed E-state index contributed by atoms with van der Waals surface area (Å²) < 4.78 is 15.4. The van der Waals surface area contributed by atoms with Crippen LogP contribution in [0.25, 0.3) is 5.69 Å². The normalized spacial score (nSPS) is 12.6. The first-order valence-electron chi connectivity index (χ1n) is 9.47. The number of para-hydroxylation sites is 1. The van der Waals surface area contributed by atoms with Crippen molar-refractivity contribution in [2.75, 3.05) is 16.8 Å². The van der Waals surface area contributed by atoms with E-state index >= 15 is 0 Å². The first-order chi connectivity index (χ1) is 14.4. The Bertz CT molecular complexity index is 1170. The molecular weight excluding hydrogens is 421 g/mol. The summed E-state index contributed by atoms with van der Waals surface area (Å²) in [6.07, 6.45) is 0.734. The molecule has 0 saturated heterocycles. The molecule has 5 nitrogen and oxygen atoms in total. The molecule has 0 spiro atoms. The van der Waals surface area contributed by atoms with Gasteiger partial charge in [0.2, 0.25) is 5.91 Å². The van der Waals surface area contributed by atoms with Crippen LogP contribution in [0.15, 0.2) is 57.3 Å². The van der Waals surface area contributed by atoms with Gasteiger partial charge in [0.25, 0.3) is 5.56 Å². The fourth-order valence-corrected chi connectivity index (χ4v) is 5.23. The molecule has 1 aromatic heterocycles. The number of fused-ring (bicyclic) bond motifs is 1. The standard InChI is InChI=1S/C22H20FN3O2S2/c1-13-9-14(2)11-15(10-13)26-21(28)20-18(7-8-29-20)25-22(26)30-12-19(27)24-17-6-4-3-5-16(17)23/h3-6,9-11H,7-8,12H2,1-2H3,(H,24,27). The third-order valence-corrected chi connectivity index (χ3v) is 6.66. The van der Waals surface area contributed by atoms with E-state index in [0.717, 1.165) is 34.7 Å². The van der Waals surface area contributed by atoms with E-state index in [4.69, 9.17) is 4.98 Å². The first kappa shape index (κ1) is 20.7. The summed E-state index contributed by atoms with van der Waals surface area (Å²) in [4.78, 5) is 31.0. The van der Waals surface area contributed by atoms with E-state index in [2.05, 4.69) is 5.32 Å². The molecule has 0 fully saturated rings. The summed E-state index contributed by atoms with van der Waals surface area (Å²) >= 11 is 2.70. The minimum absolute atomic E-state index is 0.0114. The monoisotopic (exact) mass is 441 g/mol.